The Kier molecular flexibility index (Phi) is 3.33. The van der Waals surface area contributed by atoms with E-state index in [0.717, 1.165) is 12.3 Å². The quantitative estimate of drug-likeness (QED) is 0.757. The lowest BCUT2D eigenvalue weighted by Gasteiger charge is -2.41. The van der Waals surface area contributed by atoms with Crippen LogP contribution in [0.4, 0.5) is 0 Å². The number of carboxylic acids is 1. The molecule has 2 aliphatic rings. The van der Waals surface area contributed by atoms with Gasteiger partial charge in [-0.05, 0) is 48.3 Å². The first-order valence-electron chi connectivity index (χ1n) is 7.25. The average Bonchev–Trinajstić information content (AvgIpc) is 2.73. The number of hydrogen-bond donors (Lipinski definition) is 1. The molecule has 3 unspecified atom stereocenters. The summed E-state index contributed by atoms with van der Waals surface area (Å²) in [6, 6.07) is 0. The van der Waals surface area contributed by atoms with Crippen molar-refractivity contribution in [3.8, 4) is 0 Å². The number of aliphatic carboxylic acids is 1. The van der Waals surface area contributed by atoms with E-state index in [1.54, 1.807) is 0 Å². The molecule has 2 fully saturated rings. The van der Waals surface area contributed by atoms with Crippen LogP contribution in [0.1, 0.15) is 59.8 Å². The molecule has 0 saturated heterocycles. The number of hydrogen-bond acceptors (Lipinski definition) is 1. The smallest absolute Gasteiger partial charge is 0.331 e. The maximum absolute atomic E-state index is 11.3. The van der Waals surface area contributed by atoms with Crippen molar-refractivity contribution in [2.24, 2.45) is 22.7 Å². The zero-order chi connectivity index (χ0) is 13.6. The van der Waals surface area contributed by atoms with Gasteiger partial charge in [-0.15, -0.1) is 0 Å². The summed E-state index contributed by atoms with van der Waals surface area (Å²) < 4.78 is 0. The summed E-state index contributed by atoms with van der Waals surface area (Å²) in [6.45, 7) is 9.06. The third kappa shape index (κ3) is 2.00. The van der Waals surface area contributed by atoms with Crippen molar-refractivity contribution >= 4 is 5.97 Å². The molecule has 2 nitrogen and oxygen atoms in total. The van der Waals surface area contributed by atoms with E-state index in [-0.39, 0.29) is 5.41 Å². The fourth-order valence-electron chi connectivity index (χ4n) is 4.49. The SMILES string of the molecule is CCCC(=CC1C2(C)CCC(C2)C1(C)C)C(=O)O. The molecule has 0 aromatic heterocycles. The molecule has 0 aromatic carbocycles. The molecule has 3 atom stereocenters. The van der Waals surface area contributed by atoms with Gasteiger partial charge < -0.3 is 5.11 Å². The van der Waals surface area contributed by atoms with Crippen LogP contribution < -0.4 is 0 Å². The van der Waals surface area contributed by atoms with Crippen molar-refractivity contribution in [3.63, 3.8) is 0 Å². The first-order valence-corrected chi connectivity index (χ1v) is 7.25. The number of fused-ring (bicyclic) bond motifs is 2. The van der Waals surface area contributed by atoms with Gasteiger partial charge in [-0.2, -0.15) is 0 Å². The lowest BCUT2D eigenvalue weighted by atomic mass is 9.63. The minimum absolute atomic E-state index is 0.265. The highest BCUT2D eigenvalue weighted by Gasteiger charge is 2.58. The van der Waals surface area contributed by atoms with Crippen molar-refractivity contribution in [1.82, 2.24) is 0 Å². The van der Waals surface area contributed by atoms with E-state index in [1.165, 1.54) is 19.3 Å². The minimum atomic E-state index is -0.723. The Bertz CT molecular complexity index is 376. The molecule has 0 heterocycles. The van der Waals surface area contributed by atoms with Gasteiger partial charge in [0.1, 0.15) is 0 Å². The van der Waals surface area contributed by atoms with Gasteiger partial charge >= 0.3 is 5.97 Å². The lowest BCUT2D eigenvalue weighted by Crippen LogP contribution is -2.34. The van der Waals surface area contributed by atoms with Crippen LogP contribution in [0.3, 0.4) is 0 Å². The summed E-state index contributed by atoms with van der Waals surface area (Å²) >= 11 is 0. The molecule has 2 aliphatic carbocycles. The second kappa shape index (κ2) is 4.40. The predicted octanol–water partition coefficient (Wildman–Crippen LogP) is 4.26. The molecular formula is C16H26O2. The molecule has 0 radical (unpaired) electrons. The molecule has 2 saturated carbocycles. The fourth-order valence-corrected chi connectivity index (χ4v) is 4.49. The van der Waals surface area contributed by atoms with Crippen molar-refractivity contribution in [2.75, 3.05) is 0 Å². The van der Waals surface area contributed by atoms with Gasteiger partial charge in [0.15, 0.2) is 0 Å². The average molecular weight is 250 g/mol. The van der Waals surface area contributed by atoms with E-state index in [4.69, 9.17) is 0 Å². The summed E-state index contributed by atoms with van der Waals surface area (Å²) in [5, 5.41) is 9.32. The van der Waals surface area contributed by atoms with E-state index in [1.807, 2.05) is 6.92 Å². The molecule has 0 aromatic rings. The van der Waals surface area contributed by atoms with Gasteiger partial charge in [-0.25, -0.2) is 4.79 Å². The van der Waals surface area contributed by atoms with E-state index in [9.17, 15) is 9.90 Å². The summed E-state index contributed by atoms with van der Waals surface area (Å²) in [5.74, 6) is 0.487. The number of rotatable bonds is 4. The summed E-state index contributed by atoms with van der Waals surface area (Å²) in [7, 11) is 0. The molecule has 18 heavy (non-hydrogen) atoms. The maximum Gasteiger partial charge on any atom is 0.331 e. The van der Waals surface area contributed by atoms with Gasteiger partial charge in [-0.3, -0.25) is 0 Å². The first-order chi connectivity index (χ1) is 8.31. The highest BCUT2D eigenvalue weighted by Crippen LogP contribution is 2.66. The molecule has 0 amide bonds. The van der Waals surface area contributed by atoms with Gasteiger partial charge in [0.05, 0.1) is 0 Å². The molecule has 2 bridgehead atoms. The fraction of sp³-hybridized carbons (Fsp3) is 0.812. The number of allylic oxidation sites excluding steroid dienone is 1. The van der Waals surface area contributed by atoms with Crippen LogP contribution in [0.5, 0.6) is 0 Å². The Morgan fingerprint density at radius 1 is 1.39 bits per heavy atom. The highest BCUT2D eigenvalue weighted by atomic mass is 16.4. The second-order valence-electron chi connectivity index (χ2n) is 7.14. The van der Waals surface area contributed by atoms with Crippen LogP contribution in [-0.4, -0.2) is 11.1 Å². The topological polar surface area (TPSA) is 37.3 Å². The highest BCUT2D eigenvalue weighted by molar-refractivity contribution is 5.86. The number of carbonyl (C=O) groups is 1. The zero-order valence-corrected chi connectivity index (χ0v) is 12.1. The number of carboxylic acid groups (broad SMARTS) is 1. The van der Waals surface area contributed by atoms with Gasteiger partial charge in [-0.1, -0.05) is 40.2 Å². The largest absolute Gasteiger partial charge is 0.478 e. The maximum atomic E-state index is 11.3. The van der Waals surface area contributed by atoms with Crippen LogP contribution in [0.25, 0.3) is 0 Å². The molecule has 1 N–H and O–H groups in total. The Balaban J connectivity index is 2.32. The van der Waals surface area contributed by atoms with E-state index in [2.05, 4.69) is 26.8 Å². The summed E-state index contributed by atoms with van der Waals surface area (Å²) in [6.07, 6.45) is 7.57. The lowest BCUT2D eigenvalue weighted by molar-refractivity contribution is -0.132. The van der Waals surface area contributed by atoms with Crippen molar-refractivity contribution in [3.05, 3.63) is 11.6 Å². The van der Waals surface area contributed by atoms with E-state index >= 15 is 0 Å². The molecule has 2 rings (SSSR count). The second-order valence-corrected chi connectivity index (χ2v) is 7.14. The Hall–Kier alpha value is -0.790. The van der Waals surface area contributed by atoms with E-state index in [0.29, 0.717) is 23.3 Å². The molecular weight excluding hydrogens is 224 g/mol. The molecule has 0 aliphatic heterocycles. The van der Waals surface area contributed by atoms with Gasteiger partial charge in [0.2, 0.25) is 0 Å². The predicted molar refractivity (Wildman–Crippen MR) is 73.3 cm³/mol. The van der Waals surface area contributed by atoms with Crippen LogP contribution >= 0.6 is 0 Å². The third-order valence-corrected chi connectivity index (χ3v) is 5.54. The Morgan fingerprint density at radius 3 is 2.50 bits per heavy atom. The molecule has 0 spiro atoms. The summed E-state index contributed by atoms with van der Waals surface area (Å²) in [4.78, 5) is 11.3. The molecule has 2 heteroatoms. The van der Waals surface area contributed by atoms with Crippen LogP contribution in [0, 0.1) is 22.7 Å². The first kappa shape index (κ1) is 13.6. The molecule has 102 valence electrons. The van der Waals surface area contributed by atoms with Crippen molar-refractivity contribution < 1.29 is 9.90 Å². The van der Waals surface area contributed by atoms with E-state index < -0.39 is 5.97 Å². The normalized spacial score (nSPS) is 38.1. The van der Waals surface area contributed by atoms with Crippen molar-refractivity contribution in [1.29, 1.82) is 0 Å². The van der Waals surface area contributed by atoms with Gasteiger partial charge in [0, 0.05) is 5.57 Å². The van der Waals surface area contributed by atoms with Crippen LogP contribution in [0.15, 0.2) is 11.6 Å². The Morgan fingerprint density at radius 2 is 2.06 bits per heavy atom. The monoisotopic (exact) mass is 250 g/mol. The van der Waals surface area contributed by atoms with Crippen LogP contribution in [-0.2, 0) is 4.79 Å². The minimum Gasteiger partial charge on any atom is -0.478 e. The van der Waals surface area contributed by atoms with Gasteiger partial charge in [0.25, 0.3) is 0 Å². The van der Waals surface area contributed by atoms with Crippen LogP contribution in [0.2, 0.25) is 0 Å². The Labute approximate surface area is 110 Å². The standard InChI is InChI=1S/C16H26O2/c1-5-6-11(14(17)18)9-13-15(2,3)12-7-8-16(13,4)10-12/h9,12-13H,5-8,10H2,1-4H3,(H,17,18). The zero-order valence-electron chi connectivity index (χ0n) is 12.1. The van der Waals surface area contributed by atoms with Crippen molar-refractivity contribution in [2.45, 2.75) is 59.8 Å². The third-order valence-electron chi connectivity index (χ3n) is 5.54. The summed E-state index contributed by atoms with van der Waals surface area (Å²) in [5.41, 5.74) is 1.23.